The Morgan fingerprint density at radius 2 is 1.80 bits per heavy atom. The van der Waals surface area contributed by atoms with E-state index in [1.165, 1.54) is 4.31 Å². The third-order valence-corrected chi connectivity index (χ3v) is 7.62. The quantitative estimate of drug-likeness (QED) is 0.787. The summed E-state index contributed by atoms with van der Waals surface area (Å²) in [6.45, 7) is 6.48. The first kappa shape index (κ1) is 22.7. The van der Waals surface area contributed by atoms with Crippen molar-refractivity contribution in [1.82, 2.24) is 9.21 Å². The van der Waals surface area contributed by atoms with Crippen LogP contribution in [-0.4, -0.2) is 68.7 Å². The number of nitrogens with zero attached hydrogens (tertiary/aromatic N) is 2. The summed E-state index contributed by atoms with van der Waals surface area (Å²) >= 11 is 0. The van der Waals surface area contributed by atoms with E-state index in [4.69, 9.17) is 4.74 Å². The molecule has 2 aromatic carbocycles. The van der Waals surface area contributed by atoms with Crippen LogP contribution in [0.1, 0.15) is 19.4 Å². The second-order valence-corrected chi connectivity index (χ2v) is 10.4. The van der Waals surface area contributed by atoms with Gasteiger partial charge in [-0.1, -0.05) is 42.8 Å². The molecule has 0 radical (unpaired) electrons. The molecule has 0 bridgehead atoms. The summed E-state index contributed by atoms with van der Waals surface area (Å²) in [7, 11) is 0.141. The Kier molecular flexibility index (Phi) is 6.87. The van der Waals surface area contributed by atoms with Gasteiger partial charge in [-0.3, -0.25) is 0 Å². The maximum absolute atomic E-state index is 13.5. The molecule has 3 rings (SSSR count). The van der Waals surface area contributed by atoms with Crippen LogP contribution in [-0.2, 0) is 10.0 Å². The van der Waals surface area contributed by atoms with Crippen molar-refractivity contribution >= 4 is 10.0 Å². The van der Waals surface area contributed by atoms with Gasteiger partial charge in [0.1, 0.15) is 16.7 Å². The molecule has 1 aliphatic rings. The summed E-state index contributed by atoms with van der Waals surface area (Å²) < 4.78 is 34.7. The van der Waals surface area contributed by atoms with E-state index >= 15 is 0 Å². The highest BCUT2D eigenvalue weighted by molar-refractivity contribution is 7.89. The molecule has 0 aliphatic carbocycles. The van der Waals surface area contributed by atoms with E-state index in [0.717, 1.165) is 16.7 Å². The maximum Gasteiger partial charge on any atom is 0.247 e. The van der Waals surface area contributed by atoms with Crippen molar-refractivity contribution in [2.45, 2.75) is 37.8 Å². The first-order valence-corrected chi connectivity index (χ1v) is 11.7. The average Bonchev–Trinajstić information content (AvgIpc) is 2.70. The minimum atomic E-state index is -3.81. The number of aliphatic hydroxyl groups excluding tert-OH is 1. The molecule has 0 amide bonds. The zero-order valence-corrected chi connectivity index (χ0v) is 19.2. The van der Waals surface area contributed by atoms with Gasteiger partial charge in [0.2, 0.25) is 10.0 Å². The SMILES string of the molecule is Cc1ccc(-c2ccc3c(c2)O[C@H](CN(C)C)[C@H](C)CN([C@H](C)CO)S3(=O)=O)cc1. The molecule has 0 saturated carbocycles. The number of aliphatic hydroxyl groups is 1. The Morgan fingerprint density at radius 3 is 2.40 bits per heavy atom. The van der Waals surface area contributed by atoms with E-state index in [0.29, 0.717) is 18.8 Å². The number of benzene rings is 2. The number of ether oxygens (including phenoxy) is 1. The fourth-order valence-corrected chi connectivity index (χ4v) is 5.55. The number of aryl methyl sites for hydroxylation is 1. The normalized spacial score (nSPS) is 22.6. The smallest absolute Gasteiger partial charge is 0.247 e. The van der Waals surface area contributed by atoms with E-state index in [-0.39, 0.29) is 23.5 Å². The average molecular weight is 433 g/mol. The predicted molar refractivity (Wildman–Crippen MR) is 119 cm³/mol. The van der Waals surface area contributed by atoms with Gasteiger partial charge in [-0.05, 0) is 51.2 Å². The van der Waals surface area contributed by atoms with Crippen LogP contribution >= 0.6 is 0 Å². The zero-order valence-electron chi connectivity index (χ0n) is 18.4. The maximum atomic E-state index is 13.5. The Hall–Kier alpha value is -1.93. The molecule has 6 nitrogen and oxygen atoms in total. The summed E-state index contributed by atoms with van der Waals surface area (Å²) in [6.07, 6.45) is -0.184. The molecule has 0 spiro atoms. The number of sulfonamides is 1. The van der Waals surface area contributed by atoms with Crippen LogP contribution in [0, 0.1) is 12.8 Å². The molecule has 3 atom stereocenters. The molecule has 1 N–H and O–H groups in total. The van der Waals surface area contributed by atoms with Gasteiger partial charge in [0, 0.05) is 25.0 Å². The number of rotatable bonds is 5. The van der Waals surface area contributed by atoms with Gasteiger partial charge in [0.15, 0.2) is 0 Å². The topological polar surface area (TPSA) is 70.1 Å². The van der Waals surface area contributed by atoms with Gasteiger partial charge in [0.05, 0.1) is 6.61 Å². The van der Waals surface area contributed by atoms with E-state index in [1.54, 1.807) is 13.0 Å². The lowest BCUT2D eigenvalue weighted by molar-refractivity contribution is 0.0813. The van der Waals surface area contributed by atoms with Crippen molar-refractivity contribution in [1.29, 1.82) is 0 Å². The highest BCUT2D eigenvalue weighted by Crippen LogP contribution is 2.36. The molecule has 1 aliphatic heterocycles. The Morgan fingerprint density at radius 1 is 1.17 bits per heavy atom. The van der Waals surface area contributed by atoms with Gasteiger partial charge in [-0.25, -0.2) is 8.42 Å². The third-order valence-electron chi connectivity index (χ3n) is 5.60. The first-order valence-electron chi connectivity index (χ1n) is 10.3. The van der Waals surface area contributed by atoms with Crippen molar-refractivity contribution in [2.24, 2.45) is 5.92 Å². The van der Waals surface area contributed by atoms with Crippen LogP contribution in [0.25, 0.3) is 11.1 Å². The van der Waals surface area contributed by atoms with Crippen molar-refractivity contribution in [3.05, 3.63) is 48.0 Å². The number of fused-ring (bicyclic) bond motifs is 1. The lowest BCUT2D eigenvalue weighted by Crippen LogP contribution is -2.49. The molecule has 30 heavy (non-hydrogen) atoms. The zero-order chi connectivity index (χ0) is 22.1. The largest absolute Gasteiger partial charge is 0.487 e. The number of likely N-dealkylation sites (N-methyl/N-ethyl adjacent to an activating group) is 1. The molecule has 1 heterocycles. The van der Waals surface area contributed by atoms with Crippen LogP contribution in [0.4, 0.5) is 0 Å². The Bertz CT molecular complexity index is 973. The van der Waals surface area contributed by atoms with Gasteiger partial charge in [-0.2, -0.15) is 4.31 Å². The molecule has 0 unspecified atom stereocenters. The van der Waals surface area contributed by atoms with Crippen molar-refractivity contribution in [2.75, 3.05) is 33.8 Å². The predicted octanol–water partition coefficient (Wildman–Crippen LogP) is 2.99. The van der Waals surface area contributed by atoms with E-state index in [1.807, 2.05) is 69.2 Å². The Labute approximate surface area is 180 Å². The highest BCUT2D eigenvalue weighted by Gasteiger charge is 2.37. The van der Waals surface area contributed by atoms with Crippen molar-refractivity contribution in [3.63, 3.8) is 0 Å². The molecule has 0 saturated heterocycles. The van der Waals surface area contributed by atoms with E-state index in [9.17, 15) is 13.5 Å². The molecule has 2 aromatic rings. The molecule has 164 valence electrons. The molecular weight excluding hydrogens is 400 g/mol. The van der Waals surface area contributed by atoms with Gasteiger partial charge >= 0.3 is 0 Å². The lowest BCUT2D eigenvalue weighted by Gasteiger charge is -2.37. The van der Waals surface area contributed by atoms with Gasteiger partial charge in [0.25, 0.3) is 0 Å². The Balaban J connectivity index is 2.14. The monoisotopic (exact) mass is 432 g/mol. The van der Waals surface area contributed by atoms with Crippen LogP contribution in [0.3, 0.4) is 0 Å². The van der Waals surface area contributed by atoms with Gasteiger partial charge < -0.3 is 14.7 Å². The minimum absolute atomic E-state index is 0.0487. The van der Waals surface area contributed by atoms with Gasteiger partial charge in [-0.15, -0.1) is 0 Å². The molecule has 0 fully saturated rings. The second kappa shape index (κ2) is 9.06. The number of hydrogen-bond donors (Lipinski definition) is 1. The molecular formula is C23H32N2O4S. The van der Waals surface area contributed by atoms with E-state index in [2.05, 4.69) is 0 Å². The number of hydrogen-bond acceptors (Lipinski definition) is 5. The van der Waals surface area contributed by atoms with Crippen LogP contribution in [0.2, 0.25) is 0 Å². The summed E-state index contributed by atoms with van der Waals surface area (Å²) in [5.74, 6) is 0.314. The van der Waals surface area contributed by atoms with Crippen LogP contribution in [0.5, 0.6) is 5.75 Å². The highest BCUT2D eigenvalue weighted by atomic mass is 32.2. The summed E-state index contributed by atoms with van der Waals surface area (Å²) in [5, 5.41) is 9.70. The fourth-order valence-electron chi connectivity index (χ4n) is 3.73. The van der Waals surface area contributed by atoms with Crippen LogP contribution < -0.4 is 4.74 Å². The molecule has 7 heteroatoms. The summed E-state index contributed by atoms with van der Waals surface area (Å²) in [5.41, 5.74) is 3.07. The van der Waals surface area contributed by atoms with Crippen molar-refractivity contribution in [3.8, 4) is 16.9 Å². The summed E-state index contributed by atoms with van der Waals surface area (Å²) in [6, 6.07) is 12.9. The van der Waals surface area contributed by atoms with Crippen LogP contribution in [0.15, 0.2) is 47.4 Å². The first-order chi connectivity index (χ1) is 14.1. The minimum Gasteiger partial charge on any atom is -0.487 e. The standard InChI is InChI=1S/C23H32N2O4S/c1-16-6-8-19(9-7-16)20-10-11-23-21(12-20)29-22(14-24(4)5)17(2)13-25(18(3)15-26)30(23,27)28/h6-12,17-18,22,26H,13-15H2,1-5H3/t17-,18-,22-/m1/s1. The fraction of sp³-hybridized carbons (Fsp3) is 0.478. The third kappa shape index (κ3) is 4.70. The summed E-state index contributed by atoms with van der Waals surface area (Å²) in [4.78, 5) is 2.19. The van der Waals surface area contributed by atoms with Crippen molar-refractivity contribution < 1.29 is 18.3 Å². The lowest BCUT2D eigenvalue weighted by atomic mass is 10.0. The van der Waals surface area contributed by atoms with E-state index < -0.39 is 16.1 Å². The molecule has 0 aromatic heterocycles. The second-order valence-electron chi connectivity index (χ2n) is 8.53.